The van der Waals surface area contributed by atoms with Crippen LogP contribution in [0, 0.1) is 11.8 Å². The summed E-state index contributed by atoms with van der Waals surface area (Å²) in [4.78, 5) is 34.2. The molecule has 5 heterocycles. The van der Waals surface area contributed by atoms with Crippen LogP contribution in [-0.4, -0.2) is 60.6 Å². The predicted molar refractivity (Wildman–Crippen MR) is 123 cm³/mol. The zero-order valence-electron chi connectivity index (χ0n) is 18.2. The highest BCUT2D eigenvalue weighted by molar-refractivity contribution is 5.98. The van der Waals surface area contributed by atoms with Crippen molar-refractivity contribution >= 4 is 28.4 Å². The van der Waals surface area contributed by atoms with Crippen molar-refractivity contribution in [1.82, 2.24) is 35.0 Å². The Morgan fingerprint density at radius 1 is 1.24 bits per heavy atom. The van der Waals surface area contributed by atoms with Crippen molar-refractivity contribution in [1.29, 1.82) is 0 Å². The van der Waals surface area contributed by atoms with Gasteiger partial charge < -0.3 is 15.2 Å². The molecule has 0 unspecified atom stereocenters. The number of nitrogens with one attached hydrogen (secondary N) is 2. The first-order valence-electron chi connectivity index (χ1n) is 10.9. The molecule has 1 saturated heterocycles. The summed E-state index contributed by atoms with van der Waals surface area (Å²) in [7, 11) is 0. The minimum Gasteiger partial charge on any atom is -0.354 e. The molecule has 4 aromatic rings. The minimum atomic E-state index is -0.446. The first-order valence-corrected chi connectivity index (χ1v) is 10.9. The van der Waals surface area contributed by atoms with Crippen LogP contribution in [0.5, 0.6) is 0 Å². The molecule has 2 N–H and O–H groups in total. The second-order valence-electron chi connectivity index (χ2n) is 7.94. The standard InChI is InChI=1S/C24H23N7O2/c1-2-5-22(32)30-13-4-7-21(30)24(33)26-11-8-16-14-18-17(9-12-25-23(18)29-16)19-15-28-31-20(19)6-3-10-27-31/h3,6,9-10,12,14-15,21H,4,7-8,11,13H2,1H3,(H,25,29)(H,26,33)/t21-/m0/s1. The molecule has 166 valence electrons. The number of hydrogen-bond donors (Lipinski definition) is 2. The molecular weight excluding hydrogens is 418 g/mol. The van der Waals surface area contributed by atoms with Crippen LogP contribution in [0.4, 0.5) is 0 Å². The Balaban J connectivity index is 1.30. The fraction of sp³-hybridized carbons (Fsp3) is 0.292. The predicted octanol–water partition coefficient (Wildman–Crippen LogP) is 1.95. The Kier molecular flexibility index (Phi) is 5.48. The summed E-state index contributed by atoms with van der Waals surface area (Å²) in [5, 5.41) is 12.5. The minimum absolute atomic E-state index is 0.132. The van der Waals surface area contributed by atoms with Gasteiger partial charge in [0, 0.05) is 48.5 Å². The van der Waals surface area contributed by atoms with Crippen LogP contribution in [0.1, 0.15) is 25.5 Å². The highest BCUT2D eigenvalue weighted by Gasteiger charge is 2.33. The zero-order valence-corrected chi connectivity index (χ0v) is 18.2. The fourth-order valence-electron chi connectivity index (χ4n) is 4.39. The number of carbonyl (C=O) groups is 2. The van der Waals surface area contributed by atoms with Crippen molar-refractivity contribution in [2.45, 2.75) is 32.2 Å². The van der Waals surface area contributed by atoms with Crippen molar-refractivity contribution in [2.75, 3.05) is 13.1 Å². The van der Waals surface area contributed by atoms with Gasteiger partial charge in [-0.15, -0.1) is 0 Å². The molecular formula is C24H23N7O2. The Morgan fingerprint density at radius 3 is 3.03 bits per heavy atom. The third-order valence-corrected chi connectivity index (χ3v) is 5.92. The Bertz CT molecular complexity index is 1410. The summed E-state index contributed by atoms with van der Waals surface area (Å²) in [5.74, 6) is 4.73. The summed E-state index contributed by atoms with van der Waals surface area (Å²) in [6.45, 7) is 2.65. The second-order valence-corrected chi connectivity index (χ2v) is 7.94. The van der Waals surface area contributed by atoms with Gasteiger partial charge in [-0.3, -0.25) is 9.59 Å². The number of aromatic nitrogens is 5. The number of amides is 2. The van der Waals surface area contributed by atoms with E-state index < -0.39 is 6.04 Å². The van der Waals surface area contributed by atoms with Gasteiger partial charge in [-0.2, -0.15) is 14.8 Å². The molecule has 9 nitrogen and oxygen atoms in total. The fourth-order valence-corrected chi connectivity index (χ4v) is 4.39. The maximum Gasteiger partial charge on any atom is 0.299 e. The van der Waals surface area contributed by atoms with E-state index in [0.29, 0.717) is 25.9 Å². The van der Waals surface area contributed by atoms with Gasteiger partial charge in [0.25, 0.3) is 5.91 Å². The van der Waals surface area contributed by atoms with Crippen LogP contribution in [-0.2, 0) is 16.0 Å². The molecule has 0 saturated carbocycles. The summed E-state index contributed by atoms with van der Waals surface area (Å²) >= 11 is 0. The number of likely N-dealkylation sites (tertiary alicyclic amines) is 1. The van der Waals surface area contributed by atoms with E-state index in [-0.39, 0.29) is 11.8 Å². The van der Waals surface area contributed by atoms with E-state index in [1.54, 1.807) is 28.8 Å². The molecule has 0 radical (unpaired) electrons. The molecule has 1 atom stereocenters. The van der Waals surface area contributed by atoms with Crippen LogP contribution < -0.4 is 5.32 Å². The van der Waals surface area contributed by atoms with Gasteiger partial charge in [0.15, 0.2) is 0 Å². The smallest absolute Gasteiger partial charge is 0.299 e. The third kappa shape index (κ3) is 3.91. The number of aromatic amines is 1. The van der Waals surface area contributed by atoms with E-state index in [2.05, 4.69) is 43.4 Å². The third-order valence-electron chi connectivity index (χ3n) is 5.92. The lowest BCUT2D eigenvalue weighted by atomic mass is 10.1. The topological polar surface area (TPSA) is 108 Å². The Morgan fingerprint density at radius 2 is 2.15 bits per heavy atom. The molecule has 0 spiro atoms. The molecule has 0 aromatic carbocycles. The molecule has 1 aliphatic rings. The molecule has 0 bridgehead atoms. The average molecular weight is 441 g/mol. The number of nitrogens with zero attached hydrogens (tertiary/aromatic N) is 5. The van der Waals surface area contributed by atoms with Crippen LogP contribution >= 0.6 is 0 Å². The largest absolute Gasteiger partial charge is 0.354 e. The maximum atomic E-state index is 12.7. The molecule has 9 heteroatoms. The summed E-state index contributed by atoms with van der Waals surface area (Å²) in [6.07, 6.45) is 7.37. The van der Waals surface area contributed by atoms with Gasteiger partial charge in [0.2, 0.25) is 5.91 Å². The van der Waals surface area contributed by atoms with E-state index in [1.807, 2.05) is 24.4 Å². The van der Waals surface area contributed by atoms with Crippen LogP contribution in [0.3, 0.4) is 0 Å². The lowest BCUT2D eigenvalue weighted by molar-refractivity contribution is -0.134. The quantitative estimate of drug-likeness (QED) is 0.460. The number of hydrogen-bond acceptors (Lipinski definition) is 5. The highest BCUT2D eigenvalue weighted by Crippen LogP contribution is 2.30. The number of fused-ring (bicyclic) bond motifs is 2. The van der Waals surface area contributed by atoms with Gasteiger partial charge >= 0.3 is 0 Å². The van der Waals surface area contributed by atoms with Crippen molar-refractivity contribution in [3.05, 3.63) is 48.5 Å². The lowest BCUT2D eigenvalue weighted by Gasteiger charge is -2.21. The maximum absolute atomic E-state index is 12.7. The molecule has 1 aliphatic heterocycles. The van der Waals surface area contributed by atoms with Crippen LogP contribution in [0.25, 0.3) is 27.7 Å². The van der Waals surface area contributed by atoms with Crippen LogP contribution in [0.2, 0.25) is 0 Å². The zero-order chi connectivity index (χ0) is 22.8. The molecule has 0 aliphatic carbocycles. The summed E-state index contributed by atoms with van der Waals surface area (Å²) in [6, 6.07) is 7.45. The summed E-state index contributed by atoms with van der Waals surface area (Å²) in [5.41, 5.74) is 4.67. The van der Waals surface area contributed by atoms with Crippen molar-refractivity contribution < 1.29 is 9.59 Å². The number of carbonyl (C=O) groups excluding carboxylic acids is 2. The second kappa shape index (κ2) is 8.74. The summed E-state index contributed by atoms with van der Waals surface area (Å²) < 4.78 is 1.60. The van der Waals surface area contributed by atoms with E-state index in [4.69, 9.17) is 0 Å². The van der Waals surface area contributed by atoms with Gasteiger partial charge in [0.1, 0.15) is 11.7 Å². The van der Waals surface area contributed by atoms with Gasteiger partial charge in [0.05, 0.1) is 11.7 Å². The van der Waals surface area contributed by atoms with E-state index in [0.717, 1.165) is 39.8 Å². The van der Waals surface area contributed by atoms with E-state index in [1.165, 1.54) is 0 Å². The van der Waals surface area contributed by atoms with E-state index in [9.17, 15) is 9.59 Å². The lowest BCUT2D eigenvalue weighted by Crippen LogP contribution is -2.46. The van der Waals surface area contributed by atoms with Gasteiger partial charge in [-0.05, 0) is 55.5 Å². The van der Waals surface area contributed by atoms with Gasteiger partial charge in [-0.25, -0.2) is 4.98 Å². The molecule has 5 rings (SSSR count). The number of H-pyrrole nitrogens is 1. The number of pyridine rings is 1. The SMILES string of the molecule is CC#CC(=O)N1CCC[C@H]1C(=O)NCCc1cc2c(-c3cnn4ncccc34)ccnc2[nH]1. The highest BCUT2D eigenvalue weighted by atomic mass is 16.2. The van der Waals surface area contributed by atoms with Crippen molar-refractivity contribution in [3.8, 4) is 23.0 Å². The van der Waals surface area contributed by atoms with E-state index >= 15 is 0 Å². The average Bonchev–Trinajstić information content (AvgIpc) is 3.56. The first kappa shape index (κ1) is 20.7. The van der Waals surface area contributed by atoms with Crippen molar-refractivity contribution in [3.63, 3.8) is 0 Å². The van der Waals surface area contributed by atoms with Gasteiger partial charge in [-0.1, -0.05) is 5.92 Å². The first-order chi connectivity index (χ1) is 16.2. The molecule has 4 aromatic heterocycles. The normalized spacial score (nSPS) is 15.5. The Hall–Kier alpha value is -4.19. The Labute approximate surface area is 190 Å². The monoisotopic (exact) mass is 441 g/mol. The van der Waals surface area contributed by atoms with Crippen molar-refractivity contribution in [2.24, 2.45) is 0 Å². The molecule has 33 heavy (non-hydrogen) atoms. The molecule has 2 amide bonds. The molecule has 1 fully saturated rings. The number of rotatable bonds is 5. The van der Waals surface area contributed by atoms with Crippen LogP contribution in [0.15, 0.2) is 42.9 Å².